The molecule has 0 N–H and O–H groups in total. The Morgan fingerprint density at radius 2 is 1.63 bits per heavy atom. The van der Waals surface area contributed by atoms with Crippen LogP contribution in [0.1, 0.15) is 17.0 Å². The molecule has 0 aliphatic carbocycles. The van der Waals surface area contributed by atoms with Gasteiger partial charge in [-0.1, -0.05) is 36.4 Å². The molecule has 0 spiro atoms. The van der Waals surface area contributed by atoms with E-state index >= 15 is 0 Å². The third-order valence-electron chi connectivity index (χ3n) is 5.02. The van der Waals surface area contributed by atoms with Crippen LogP contribution >= 0.6 is 0 Å². The average Bonchev–Trinajstić information content (AvgIpc) is 3.15. The van der Waals surface area contributed by atoms with Crippen molar-refractivity contribution in [3.8, 4) is 23.0 Å². The summed E-state index contributed by atoms with van der Waals surface area (Å²) >= 11 is 0. The van der Waals surface area contributed by atoms with Crippen LogP contribution in [0.2, 0.25) is 0 Å². The second-order valence-electron chi connectivity index (χ2n) is 7.17. The number of aryl methyl sites for hydroxylation is 1. The zero-order valence-electron chi connectivity index (χ0n) is 16.6. The van der Waals surface area contributed by atoms with Gasteiger partial charge in [-0.3, -0.25) is 4.98 Å². The smallest absolute Gasteiger partial charge is 0.226 e. The summed E-state index contributed by atoms with van der Waals surface area (Å²) in [5, 5.41) is 1.07. The van der Waals surface area contributed by atoms with Crippen molar-refractivity contribution in [1.29, 1.82) is 0 Å². The van der Waals surface area contributed by atoms with Crippen molar-refractivity contribution in [2.24, 2.45) is 0 Å². The number of nitrogens with zero attached hydrogens (tertiary/aromatic N) is 2. The lowest BCUT2D eigenvalue weighted by Gasteiger charge is -2.06. The van der Waals surface area contributed by atoms with Gasteiger partial charge in [0.05, 0.1) is 11.2 Å². The van der Waals surface area contributed by atoms with Crippen LogP contribution in [0, 0.1) is 6.92 Å². The highest BCUT2D eigenvalue weighted by atomic mass is 16.5. The number of benzene rings is 3. The molecule has 146 valence electrons. The van der Waals surface area contributed by atoms with Gasteiger partial charge in [-0.2, -0.15) is 0 Å². The van der Waals surface area contributed by atoms with E-state index in [0.717, 1.165) is 45.0 Å². The molecule has 0 atom stereocenters. The fourth-order valence-electron chi connectivity index (χ4n) is 3.42. The third-order valence-corrected chi connectivity index (χ3v) is 5.02. The topological polar surface area (TPSA) is 48.2 Å². The van der Waals surface area contributed by atoms with Gasteiger partial charge in [0.1, 0.15) is 17.3 Å². The Balaban J connectivity index is 1.34. The van der Waals surface area contributed by atoms with Gasteiger partial charge in [-0.25, -0.2) is 4.98 Å². The number of hydrogen-bond donors (Lipinski definition) is 0. The molecule has 0 saturated heterocycles. The summed E-state index contributed by atoms with van der Waals surface area (Å²) in [5.74, 6) is 3.11. The number of fused-ring (bicyclic) bond motifs is 1. The quantitative estimate of drug-likeness (QED) is 0.339. The first-order chi connectivity index (χ1) is 14.7. The molecule has 0 radical (unpaired) electrons. The maximum atomic E-state index is 5.97. The minimum Gasteiger partial charge on any atom is -0.457 e. The van der Waals surface area contributed by atoms with Gasteiger partial charge in [0.15, 0.2) is 0 Å². The molecule has 0 unspecified atom stereocenters. The zero-order chi connectivity index (χ0) is 20.3. The van der Waals surface area contributed by atoms with Crippen LogP contribution in [0.4, 0.5) is 0 Å². The van der Waals surface area contributed by atoms with Gasteiger partial charge in [0, 0.05) is 23.6 Å². The molecular formula is C26H20N2O2. The van der Waals surface area contributed by atoms with E-state index in [1.807, 2.05) is 73.7 Å². The molecule has 4 nitrogen and oxygen atoms in total. The van der Waals surface area contributed by atoms with E-state index in [2.05, 4.69) is 23.2 Å². The number of ether oxygens (including phenoxy) is 1. The number of aromatic nitrogens is 2. The minimum atomic E-state index is 0.636. The van der Waals surface area contributed by atoms with Gasteiger partial charge in [0.25, 0.3) is 0 Å². The van der Waals surface area contributed by atoms with Crippen LogP contribution < -0.4 is 4.74 Å². The summed E-state index contributed by atoms with van der Waals surface area (Å²) in [7, 11) is 0. The van der Waals surface area contributed by atoms with E-state index in [1.54, 1.807) is 6.20 Å². The first-order valence-electron chi connectivity index (χ1n) is 9.88. The Kier molecular flexibility index (Phi) is 4.74. The maximum absolute atomic E-state index is 5.97. The predicted octanol–water partition coefficient (Wildman–Crippen LogP) is 6.58. The molecule has 2 heterocycles. The molecule has 0 amide bonds. The van der Waals surface area contributed by atoms with Crippen LogP contribution in [-0.4, -0.2) is 9.97 Å². The summed E-state index contributed by atoms with van der Waals surface area (Å²) in [5.41, 5.74) is 4.01. The van der Waals surface area contributed by atoms with Gasteiger partial charge in [-0.05, 0) is 61.0 Å². The maximum Gasteiger partial charge on any atom is 0.226 e. The van der Waals surface area contributed by atoms with Crippen molar-refractivity contribution in [2.45, 2.75) is 13.3 Å². The molecule has 3 aromatic carbocycles. The standard InChI is InChI=1S/C26H20N2O2/c1-18-25(16-19-9-12-23(13-10-19)30-22-7-3-2-4-8-22)28-26(29-18)21-11-14-24-20(17-21)6-5-15-27-24/h2-15,17H,16H2,1H3. The van der Waals surface area contributed by atoms with Crippen LogP contribution in [0.3, 0.4) is 0 Å². The Hall–Kier alpha value is -3.92. The molecule has 0 saturated carbocycles. The first-order valence-corrected chi connectivity index (χ1v) is 9.88. The highest BCUT2D eigenvalue weighted by molar-refractivity contribution is 5.82. The van der Waals surface area contributed by atoms with Gasteiger partial charge < -0.3 is 9.15 Å². The summed E-state index contributed by atoms with van der Waals surface area (Å²) in [6.45, 7) is 1.96. The van der Waals surface area contributed by atoms with Crippen molar-refractivity contribution in [3.05, 3.63) is 108 Å². The van der Waals surface area contributed by atoms with Crippen LogP contribution in [-0.2, 0) is 6.42 Å². The number of rotatable bonds is 5. The van der Waals surface area contributed by atoms with Crippen molar-refractivity contribution in [2.75, 3.05) is 0 Å². The molecule has 5 aromatic rings. The molecule has 0 bridgehead atoms. The van der Waals surface area contributed by atoms with Crippen LogP contribution in [0.15, 0.2) is 95.5 Å². The summed E-state index contributed by atoms with van der Waals surface area (Å²) < 4.78 is 11.8. The van der Waals surface area contributed by atoms with E-state index in [0.29, 0.717) is 12.3 Å². The lowest BCUT2D eigenvalue weighted by atomic mass is 10.1. The molecule has 30 heavy (non-hydrogen) atoms. The Morgan fingerprint density at radius 3 is 2.47 bits per heavy atom. The normalized spacial score (nSPS) is 11.0. The SMILES string of the molecule is Cc1oc(-c2ccc3ncccc3c2)nc1Cc1ccc(Oc2ccccc2)cc1. The van der Waals surface area contributed by atoms with Crippen LogP contribution in [0.25, 0.3) is 22.4 Å². The molecular weight excluding hydrogens is 372 g/mol. The van der Waals surface area contributed by atoms with Gasteiger partial charge in [-0.15, -0.1) is 0 Å². The third kappa shape index (κ3) is 3.80. The highest BCUT2D eigenvalue weighted by Gasteiger charge is 2.13. The molecule has 5 rings (SSSR count). The summed E-state index contributed by atoms with van der Waals surface area (Å²) in [4.78, 5) is 9.12. The molecule has 0 fully saturated rings. The predicted molar refractivity (Wildman–Crippen MR) is 118 cm³/mol. The second-order valence-corrected chi connectivity index (χ2v) is 7.17. The molecule has 4 heteroatoms. The minimum absolute atomic E-state index is 0.636. The van der Waals surface area contributed by atoms with E-state index < -0.39 is 0 Å². The van der Waals surface area contributed by atoms with Gasteiger partial charge >= 0.3 is 0 Å². The average molecular weight is 392 g/mol. The Morgan fingerprint density at radius 1 is 0.833 bits per heavy atom. The molecule has 0 aliphatic rings. The van der Waals surface area contributed by atoms with E-state index in [4.69, 9.17) is 14.1 Å². The number of para-hydroxylation sites is 1. The summed E-state index contributed by atoms with van der Waals surface area (Å²) in [6.07, 6.45) is 2.50. The zero-order valence-corrected chi connectivity index (χ0v) is 16.6. The summed E-state index contributed by atoms with van der Waals surface area (Å²) in [6, 6.07) is 27.9. The van der Waals surface area contributed by atoms with E-state index in [9.17, 15) is 0 Å². The Labute approximate surface area is 174 Å². The lowest BCUT2D eigenvalue weighted by molar-refractivity contribution is 0.482. The second kappa shape index (κ2) is 7.84. The van der Waals surface area contributed by atoms with Crippen molar-refractivity contribution < 1.29 is 9.15 Å². The van der Waals surface area contributed by atoms with Crippen LogP contribution in [0.5, 0.6) is 11.5 Å². The van der Waals surface area contributed by atoms with E-state index in [-0.39, 0.29) is 0 Å². The first kappa shape index (κ1) is 18.1. The molecule has 2 aromatic heterocycles. The monoisotopic (exact) mass is 392 g/mol. The largest absolute Gasteiger partial charge is 0.457 e. The van der Waals surface area contributed by atoms with Crippen molar-refractivity contribution in [1.82, 2.24) is 9.97 Å². The van der Waals surface area contributed by atoms with Crippen molar-refractivity contribution >= 4 is 10.9 Å². The molecule has 0 aliphatic heterocycles. The lowest BCUT2D eigenvalue weighted by Crippen LogP contribution is -1.91. The highest BCUT2D eigenvalue weighted by Crippen LogP contribution is 2.27. The fourth-order valence-corrected chi connectivity index (χ4v) is 3.42. The number of hydrogen-bond acceptors (Lipinski definition) is 4. The van der Waals surface area contributed by atoms with Crippen molar-refractivity contribution in [3.63, 3.8) is 0 Å². The van der Waals surface area contributed by atoms with E-state index in [1.165, 1.54) is 0 Å². The van der Waals surface area contributed by atoms with Gasteiger partial charge in [0.2, 0.25) is 5.89 Å². The number of pyridine rings is 1. The fraction of sp³-hybridized carbons (Fsp3) is 0.0769. The number of oxazole rings is 1. The Bertz CT molecular complexity index is 1290.